The van der Waals surface area contributed by atoms with E-state index in [1.165, 1.54) is 103 Å². The van der Waals surface area contributed by atoms with Gasteiger partial charge in [0.15, 0.2) is 0 Å². The second-order valence-corrected chi connectivity index (χ2v) is 20.0. The maximum atomic E-state index is 14.5. The van der Waals surface area contributed by atoms with Crippen LogP contribution in [0.1, 0.15) is 239 Å². The normalized spacial score (nSPS) is 12.7. The lowest BCUT2D eigenvalue weighted by Gasteiger charge is -2.44. The molecule has 0 saturated carbocycles. The van der Waals surface area contributed by atoms with Crippen molar-refractivity contribution in [3.63, 3.8) is 0 Å². The van der Waals surface area contributed by atoms with Gasteiger partial charge in [-0.25, -0.2) is 0 Å². The highest BCUT2D eigenvalue weighted by molar-refractivity contribution is 5.96. The Hall–Kier alpha value is -3.87. The average Bonchev–Trinajstić information content (AvgIpc) is 3.36. The van der Waals surface area contributed by atoms with Gasteiger partial charge in [-0.1, -0.05) is 168 Å². The molecule has 18 nitrogen and oxygen atoms in total. The Bertz CT molecular complexity index is 1410. The topological polar surface area (TPSA) is 308 Å². The summed E-state index contributed by atoms with van der Waals surface area (Å²) in [6.45, 7) is 2.90. The molecule has 0 saturated heterocycles. The Labute approximate surface area is 439 Å². The van der Waals surface area contributed by atoms with Crippen LogP contribution in [0.5, 0.6) is 0 Å². The zero-order chi connectivity index (χ0) is 54.3. The molecule has 0 heterocycles. The number of hydrogen-bond donors (Lipinski definition) is 6. The zero-order valence-electron chi connectivity index (χ0n) is 45.8. The highest BCUT2D eigenvalue weighted by Gasteiger charge is 2.55. The van der Waals surface area contributed by atoms with Gasteiger partial charge < -0.3 is 52.4 Å². The first-order chi connectivity index (χ1) is 35.3. The van der Waals surface area contributed by atoms with Crippen LogP contribution in [0.25, 0.3) is 0 Å². The molecule has 11 N–H and O–H groups in total. The van der Waals surface area contributed by atoms with Gasteiger partial charge in [-0.15, -0.1) is 0 Å². The van der Waals surface area contributed by atoms with Crippen LogP contribution in [0, 0.1) is 5.92 Å². The van der Waals surface area contributed by atoms with Crippen LogP contribution in [0.3, 0.4) is 0 Å². The highest BCUT2D eigenvalue weighted by Crippen LogP contribution is 2.32. The van der Waals surface area contributed by atoms with Gasteiger partial charge >= 0.3 is 29.8 Å². The lowest BCUT2D eigenvalue weighted by Crippen LogP contribution is -2.73. The molecule has 0 aromatic carbocycles. The standard InChI is InChI=1S/C55H104N6O12/c1-3-5-7-9-11-13-15-17-19-21-23-25-27-40-69-51(66)36-35-46(52(67)70-41-28-26-24-22-20-18-16-14-12-10-8-6-4-2)55(53(60)68,42-47(59)62)61-54(43-71-48(63)32-29-37-56,44-72-49(64)33-30-38-57)45-73-50(65)34-31-39-58/h46,61H,3-45,56-58H2,1-2H3,(H2,59,62)(H2,60,68). The number of primary amides is 2. The third-order valence-corrected chi connectivity index (χ3v) is 13.2. The largest absolute Gasteiger partial charge is 0.466 e. The number of ether oxygens (including phenoxy) is 5. The molecule has 2 amide bonds. The quantitative estimate of drug-likeness (QED) is 0.0191. The minimum absolute atomic E-state index is 0.0383. The molecule has 0 aromatic heterocycles. The van der Waals surface area contributed by atoms with Crippen LogP contribution in [0.4, 0.5) is 0 Å². The summed E-state index contributed by atoms with van der Waals surface area (Å²) in [6.07, 6.45) is 28.1. The second kappa shape index (κ2) is 46.6. The van der Waals surface area contributed by atoms with E-state index >= 15 is 0 Å². The lowest BCUT2D eigenvalue weighted by molar-refractivity contribution is -0.166. The van der Waals surface area contributed by atoms with Crippen LogP contribution < -0.4 is 34.0 Å². The van der Waals surface area contributed by atoms with Gasteiger partial charge in [-0.05, 0) is 58.2 Å². The molecule has 18 heteroatoms. The van der Waals surface area contributed by atoms with E-state index in [1.807, 2.05) is 0 Å². The van der Waals surface area contributed by atoms with Crippen molar-refractivity contribution in [1.82, 2.24) is 5.32 Å². The molecule has 0 spiro atoms. The molecule has 0 aliphatic heterocycles. The molecule has 0 aliphatic carbocycles. The number of esters is 5. The summed E-state index contributed by atoms with van der Waals surface area (Å²) >= 11 is 0. The number of carbonyl (C=O) groups is 7. The minimum Gasteiger partial charge on any atom is -0.466 e. The van der Waals surface area contributed by atoms with Crippen LogP contribution in [-0.4, -0.2) is 105 Å². The maximum Gasteiger partial charge on any atom is 0.311 e. The Morgan fingerprint density at radius 3 is 1.04 bits per heavy atom. The van der Waals surface area contributed by atoms with E-state index in [0.29, 0.717) is 12.8 Å². The van der Waals surface area contributed by atoms with Crippen molar-refractivity contribution >= 4 is 41.7 Å². The summed E-state index contributed by atoms with van der Waals surface area (Å²) in [5.74, 6) is -7.87. The maximum absolute atomic E-state index is 14.5. The number of carbonyl (C=O) groups excluding carboxylic acids is 7. The van der Waals surface area contributed by atoms with E-state index in [1.54, 1.807) is 0 Å². The summed E-state index contributed by atoms with van der Waals surface area (Å²) < 4.78 is 28.3. The molecule has 2 unspecified atom stereocenters. The summed E-state index contributed by atoms with van der Waals surface area (Å²) in [5.41, 5.74) is 24.4. The van der Waals surface area contributed by atoms with Crippen LogP contribution >= 0.6 is 0 Å². The van der Waals surface area contributed by atoms with Crippen molar-refractivity contribution in [3.05, 3.63) is 0 Å². The van der Waals surface area contributed by atoms with Crippen molar-refractivity contribution in [3.8, 4) is 0 Å². The summed E-state index contributed by atoms with van der Waals surface area (Å²) in [7, 11) is 0. The molecule has 0 aromatic rings. The third-order valence-electron chi connectivity index (χ3n) is 13.2. The summed E-state index contributed by atoms with van der Waals surface area (Å²) in [5, 5.41) is 2.97. The molecular formula is C55H104N6O12. The van der Waals surface area contributed by atoms with Crippen molar-refractivity contribution in [1.29, 1.82) is 0 Å². The van der Waals surface area contributed by atoms with Gasteiger partial charge in [0, 0.05) is 25.7 Å². The lowest BCUT2D eigenvalue weighted by atomic mass is 9.75. The average molecular weight is 1040 g/mol. The molecule has 2 atom stereocenters. The summed E-state index contributed by atoms with van der Waals surface area (Å²) in [6, 6.07) is 0. The molecule has 73 heavy (non-hydrogen) atoms. The van der Waals surface area contributed by atoms with Gasteiger partial charge in [-0.2, -0.15) is 0 Å². The van der Waals surface area contributed by atoms with Crippen LogP contribution in [-0.2, 0) is 57.2 Å². The summed E-state index contributed by atoms with van der Waals surface area (Å²) in [4.78, 5) is 94.2. The van der Waals surface area contributed by atoms with E-state index in [-0.39, 0.29) is 71.4 Å². The first-order valence-electron chi connectivity index (χ1n) is 28.5. The zero-order valence-corrected chi connectivity index (χ0v) is 45.8. The number of rotatable bonds is 53. The molecule has 0 radical (unpaired) electrons. The van der Waals surface area contributed by atoms with E-state index in [0.717, 1.165) is 51.4 Å². The number of nitrogens with one attached hydrogen (secondary N) is 1. The Morgan fingerprint density at radius 1 is 0.411 bits per heavy atom. The molecule has 426 valence electrons. The molecule has 0 rings (SSSR count). The smallest absolute Gasteiger partial charge is 0.311 e. The van der Waals surface area contributed by atoms with Gasteiger partial charge in [0.1, 0.15) is 30.9 Å². The highest BCUT2D eigenvalue weighted by atomic mass is 16.6. The first-order valence-corrected chi connectivity index (χ1v) is 28.5. The second-order valence-electron chi connectivity index (χ2n) is 20.0. The Balaban J connectivity index is 6.54. The number of hydrogen-bond acceptors (Lipinski definition) is 16. The van der Waals surface area contributed by atoms with Crippen molar-refractivity contribution < 1.29 is 57.2 Å². The first kappa shape index (κ1) is 69.1. The van der Waals surface area contributed by atoms with Gasteiger partial charge in [-0.3, -0.25) is 38.9 Å². The Kier molecular flexibility index (Phi) is 44.2. The van der Waals surface area contributed by atoms with Crippen molar-refractivity contribution in [2.24, 2.45) is 34.6 Å². The number of unbranched alkanes of at least 4 members (excludes halogenated alkanes) is 24. The predicted octanol–water partition coefficient (Wildman–Crippen LogP) is 7.93. The third kappa shape index (κ3) is 36.7. The molecule has 0 aliphatic rings. The van der Waals surface area contributed by atoms with Gasteiger partial charge in [0.05, 0.1) is 25.6 Å². The molecule has 0 fully saturated rings. The fourth-order valence-electron chi connectivity index (χ4n) is 8.77. The monoisotopic (exact) mass is 1040 g/mol. The van der Waals surface area contributed by atoms with Crippen molar-refractivity contribution in [2.45, 2.75) is 250 Å². The van der Waals surface area contributed by atoms with E-state index < -0.39 is 97.7 Å². The van der Waals surface area contributed by atoms with Crippen LogP contribution in [0.15, 0.2) is 0 Å². The fourth-order valence-corrected chi connectivity index (χ4v) is 8.77. The van der Waals surface area contributed by atoms with Crippen LogP contribution in [0.2, 0.25) is 0 Å². The SMILES string of the molecule is CCCCCCCCCCCCCCCOC(=O)CCC(C(=O)OCCCCCCCCCCCCCCC)C(CC(N)=O)(NC(COC(=O)CCCN)(COC(=O)CCCN)COC(=O)CCCN)C(N)=O. The molecular weight excluding hydrogens is 937 g/mol. The predicted molar refractivity (Wildman–Crippen MR) is 285 cm³/mol. The fraction of sp³-hybridized carbons (Fsp3) is 0.873. The van der Waals surface area contributed by atoms with E-state index in [4.69, 9.17) is 52.4 Å². The van der Waals surface area contributed by atoms with Crippen molar-refractivity contribution in [2.75, 3.05) is 52.7 Å². The van der Waals surface area contributed by atoms with E-state index in [2.05, 4.69) is 19.2 Å². The van der Waals surface area contributed by atoms with E-state index in [9.17, 15) is 33.6 Å². The number of amides is 2. The minimum atomic E-state index is -2.49. The van der Waals surface area contributed by atoms with Gasteiger partial charge in [0.25, 0.3) is 0 Å². The number of nitrogens with two attached hydrogens (primary N) is 5. The van der Waals surface area contributed by atoms with Gasteiger partial charge in [0.2, 0.25) is 11.8 Å². The Morgan fingerprint density at radius 2 is 0.726 bits per heavy atom. The molecule has 0 bridgehead atoms.